The van der Waals surface area contributed by atoms with Gasteiger partial charge >= 0.3 is 0 Å². The van der Waals surface area contributed by atoms with E-state index >= 15 is 0 Å². The Morgan fingerprint density at radius 2 is 1.96 bits per heavy atom. The van der Waals surface area contributed by atoms with Crippen LogP contribution in [-0.4, -0.2) is 70.7 Å². The van der Waals surface area contributed by atoms with Crippen molar-refractivity contribution in [1.29, 1.82) is 0 Å². The molecule has 2 unspecified atom stereocenters. The van der Waals surface area contributed by atoms with Crippen molar-refractivity contribution in [3.63, 3.8) is 0 Å². The van der Waals surface area contributed by atoms with Crippen LogP contribution in [0.4, 0.5) is 0 Å². The van der Waals surface area contributed by atoms with Crippen LogP contribution in [-0.2, 0) is 19.1 Å². The zero-order chi connectivity index (χ0) is 20.9. The largest absolute Gasteiger partial charge is 0.396 e. The van der Waals surface area contributed by atoms with Gasteiger partial charge in [0.25, 0.3) is 0 Å². The molecule has 3 N–H and O–H groups in total. The first-order valence-corrected chi connectivity index (χ1v) is 10.2. The molecule has 0 aliphatic carbocycles. The Kier molecular flexibility index (Phi) is 5.25. The fraction of sp³-hybridized carbons (Fsp3) is 0.850. The van der Waals surface area contributed by atoms with Crippen LogP contribution in [0.15, 0.2) is 0 Å². The van der Waals surface area contributed by atoms with Crippen LogP contribution in [0.3, 0.4) is 0 Å². The highest BCUT2D eigenvalue weighted by Gasteiger charge is 2.78. The minimum Gasteiger partial charge on any atom is -0.396 e. The third-order valence-corrected chi connectivity index (χ3v) is 6.51. The Morgan fingerprint density at radius 3 is 2.50 bits per heavy atom. The van der Waals surface area contributed by atoms with Gasteiger partial charge in [0.15, 0.2) is 0 Å². The maximum absolute atomic E-state index is 13.5. The van der Waals surface area contributed by atoms with E-state index in [-0.39, 0.29) is 30.9 Å². The van der Waals surface area contributed by atoms with E-state index in [1.54, 1.807) is 7.05 Å². The summed E-state index contributed by atoms with van der Waals surface area (Å²) in [7, 11) is 1.57. The van der Waals surface area contributed by atoms with Crippen molar-refractivity contribution in [3.05, 3.63) is 0 Å². The number of ether oxygens (including phenoxy) is 1. The second kappa shape index (κ2) is 6.99. The summed E-state index contributed by atoms with van der Waals surface area (Å²) in [6.45, 7) is 7.83. The number of carbonyl (C=O) groups is 3. The fourth-order valence-electron chi connectivity index (χ4n) is 5.49. The maximum Gasteiger partial charge on any atom is 0.246 e. The monoisotopic (exact) mass is 395 g/mol. The Bertz CT molecular complexity index is 675. The number of aliphatic hydroxyl groups is 1. The van der Waals surface area contributed by atoms with Gasteiger partial charge in [-0.2, -0.15) is 0 Å². The van der Waals surface area contributed by atoms with Gasteiger partial charge in [0.2, 0.25) is 17.7 Å². The van der Waals surface area contributed by atoms with Crippen LogP contribution in [0, 0.1) is 11.8 Å². The van der Waals surface area contributed by atoms with Gasteiger partial charge in [-0.3, -0.25) is 14.4 Å². The van der Waals surface area contributed by atoms with Crippen LogP contribution >= 0.6 is 0 Å². The first-order chi connectivity index (χ1) is 13.1. The molecule has 3 aliphatic rings. The molecule has 2 bridgehead atoms. The predicted octanol–water partition coefficient (Wildman–Crippen LogP) is 0.184. The van der Waals surface area contributed by atoms with Crippen LogP contribution in [0.2, 0.25) is 0 Å². The van der Waals surface area contributed by atoms with Crippen LogP contribution in [0.5, 0.6) is 0 Å². The summed E-state index contributed by atoms with van der Waals surface area (Å²) in [6, 6.07) is -0.793. The molecule has 3 saturated heterocycles. The molecular weight excluding hydrogens is 362 g/mol. The zero-order valence-electron chi connectivity index (χ0n) is 17.5. The van der Waals surface area contributed by atoms with Crippen molar-refractivity contribution in [2.45, 2.75) is 76.2 Å². The molecule has 0 aromatic rings. The second-order valence-electron chi connectivity index (χ2n) is 9.30. The van der Waals surface area contributed by atoms with Gasteiger partial charge in [-0.15, -0.1) is 0 Å². The van der Waals surface area contributed by atoms with E-state index in [9.17, 15) is 19.5 Å². The van der Waals surface area contributed by atoms with E-state index in [0.717, 1.165) is 0 Å². The molecule has 3 amide bonds. The molecule has 28 heavy (non-hydrogen) atoms. The molecule has 0 radical (unpaired) electrons. The summed E-state index contributed by atoms with van der Waals surface area (Å²) in [5.41, 5.74) is -2.16. The number of nitrogens with zero attached hydrogens (tertiary/aromatic N) is 1. The normalized spacial score (nSPS) is 36.6. The number of nitrogens with one attached hydrogen (secondary N) is 2. The molecule has 5 atom stereocenters. The van der Waals surface area contributed by atoms with Crippen LogP contribution in [0.25, 0.3) is 0 Å². The molecule has 8 nitrogen and oxygen atoms in total. The lowest BCUT2D eigenvalue weighted by atomic mass is 9.65. The lowest BCUT2D eigenvalue weighted by Gasteiger charge is -2.35. The SMILES string of the molecule is CC[C@]12CCC3(O1)C(C(=O)NC(C)(C)C)N(CCCO)C(=O)[C@@H]3[C@H]2C(=O)NC. The highest BCUT2D eigenvalue weighted by Crippen LogP contribution is 2.64. The van der Waals surface area contributed by atoms with Gasteiger partial charge < -0.3 is 25.4 Å². The molecule has 0 saturated carbocycles. The summed E-state index contributed by atoms with van der Waals surface area (Å²) in [5.74, 6) is -1.96. The van der Waals surface area contributed by atoms with Crippen molar-refractivity contribution in [2.24, 2.45) is 11.8 Å². The van der Waals surface area contributed by atoms with E-state index < -0.39 is 34.6 Å². The first-order valence-electron chi connectivity index (χ1n) is 10.2. The lowest BCUT2D eigenvalue weighted by molar-refractivity contribution is -0.148. The predicted molar refractivity (Wildman–Crippen MR) is 102 cm³/mol. The average Bonchev–Trinajstić information content (AvgIpc) is 3.21. The molecule has 3 aliphatic heterocycles. The van der Waals surface area contributed by atoms with Crippen molar-refractivity contribution >= 4 is 17.7 Å². The molecule has 3 rings (SSSR count). The summed E-state index contributed by atoms with van der Waals surface area (Å²) >= 11 is 0. The highest BCUT2D eigenvalue weighted by molar-refractivity contribution is 5.99. The van der Waals surface area contributed by atoms with E-state index in [1.165, 1.54) is 4.90 Å². The smallest absolute Gasteiger partial charge is 0.246 e. The number of hydrogen-bond donors (Lipinski definition) is 3. The number of rotatable bonds is 6. The topological polar surface area (TPSA) is 108 Å². The molecule has 158 valence electrons. The minimum atomic E-state index is -0.991. The van der Waals surface area contributed by atoms with E-state index in [2.05, 4.69) is 10.6 Å². The van der Waals surface area contributed by atoms with Gasteiger partial charge in [0.1, 0.15) is 11.6 Å². The minimum absolute atomic E-state index is 0.0757. The molecule has 8 heteroatoms. The molecule has 3 fully saturated rings. The standard InChI is InChI=1S/C20H33N3O5/c1-6-19-8-9-20(28-19)13(12(19)15(25)21-5)17(27)23(10-7-11-24)14(20)16(26)22-18(2,3)4/h12-14,24H,6-11H2,1-5H3,(H,21,25)(H,22,26)/t12-,13-,14?,19+,20?/m0/s1. The van der Waals surface area contributed by atoms with Crippen molar-refractivity contribution in [3.8, 4) is 0 Å². The maximum atomic E-state index is 13.5. The van der Waals surface area contributed by atoms with Gasteiger partial charge in [-0.1, -0.05) is 6.92 Å². The zero-order valence-corrected chi connectivity index (χ0v) is 17.5. The Labute approximate surface area is 166 Å². The molecule has 0 aromatic heterocycles. The summed E-state index contributed by atoms with van der Waals surface area (Å²) in [5, 5.41) is 15.0. The Hall–Kier alpha value is -1.67. The van der Waals surface area contributed by atoms with Gasteiger partial charge in [-0.25, -0.2) is 0 Å². The highest BCUT2D eigenvalue weighted by atomic mass is 16.5. The number of hydrogen-bond acceptors (Lipinski definition) is 5. The summed E-state index contributed by atoms with van der Waals surface area (Å²) in [6.07, 6.45) is 2.21. The molecular formula is C20H33N3O5. The van der Waals surface area contributed by atoms with E-state index in [1.807, 2.05) is 27.7 Å². The molecule has 3 heterocycles. The summed E-state index contributed by atoms with van der Waals surface area (Å²) in [4.78, 5) is 41.1. The number of fused-ring (bicyclic) bond motifs is 1. The Balaban J connectivity index is 2.06. The number of aliphatic hydroxyl groups excluding tert-OH is 1. The van der Waals surface area contributed by atoms with Gasteiger partial charge in [0, 0.05) is 25.7 Å². The van der Waals surface area contributed by atoms with Crippen LogP contribution < -0.4 is 10.6 Å². The Morgan fingerprint density at radius 1 is 1.29 bits per heavy atom. The van der Waals surface area contributed by atoms with Crippen molar-refractivity contribution < 1.29 is 24.2 Å². The van der Waals surface area contributed by atoms with Gasteiger partial charge in [-0.05, 0) is 46.5 Å². The summed E-state index contributed by atoms with van der Waals surface area (Å²) < 4.78 is 6.54. The quantitative estimate of drug-likeness (QED) is 0.595. The van der Waals surface area contributed by atoms with Crippen molar-refractivity contribution in [2.75, 3.05) is 20.2 Å². The first kappa shape index (κ1) is 21.0. The van der Waals surface area contributed by atoms with Crippen LogP contribution in [0.1, 0.15) is 53.4 Å². The molecule has 0 aromatic carbocycles. The second-order valence-corrected chi connectivity index (χ2v) is 9.30. The third-order valence-electron chi connectivity index (χ3n) is 6.51. The van der Waals surface area contributed by atoms with E-state index in [0.29, 0.717) is 25.7 Å². The number of amides is 3. The average molecular weight is 396 g/mol. The van der Waals surface area contributed by atoms with Crippen molar-refractivity contribution in [1.82, 2.24) is 15.5 Å². The van der Waals surface area contributed by atoms with Gasteiger partial charge in [0.05, 0.1) is 17.4 Å². The lowest BCUT2D eigenvalue weighted by Crippen LogP contribution is -2.58. The van der Waals surface area contributed by atoms with E-state index in [4.69, 9.17) is 4.74 Å². The molecule has 1 spiro atoms. The third kappa shape index (κ3) is 2.92. The number of carbonyl (C=O) groups excluding carboxylic acids is 3. The fourth-order valence-corrected chi connectivity index (χ4v) is 5.49. The number of likely N-dealkylation sites (tertiary alicyclic amines) is 1.